The van der Waals surface area contributed by atoms with Crippen LogP contribution in [-0.2, 0) is 4.74 Å². The van der Waals surface area contributed by atoms with Crippen LogP contribution in [0.3, 0.4) is 0 Å². The maximum atomic E-state index is 12.1. The number of esters is 1. The number of unbranched alkanes of at least 4 members (excludes halogenated alkanes) is 1. The number of anilines is 2. The molecule has 0 spiro atoms. The van der Waals surface area contributed by atoms with Gasteiger partial charge in [-0.2, -0.15) is 0 Å². The fourth-order valence-corrected chi connectivity index (χ4v) is 2.25. The number of non-ortho nitro benzene ring substituents is 1. The smallest absolute Gasteiger partial charge is 0.338 e. The van der Waals surface area contributed by atoms with Crippen LogP contribution in [0.1, 0.15) is 30.1 Å². The van der Waals surface area contributed by atoms with Crippen LogP contribution in [0.15, 0.2) is 42.5 Å². The van der Waals surface area contributed by atoms with Crippen molar-refractivity contribution in [3.8, 4) is 0 Å². The van der Waals surface area contributed by atoms with Gasteiger partial charge in [0, 0.05) is 17.8 Å². The van der Waals surface area contributed by atoms with Crippen LogP contribution in [0.4, 0.5) is 21.9 Å². The molecular formula is C18H18ClN3O5. The molecule has 2 amide bonds. The maximum absolute atomic E-state index is 12.1. The summed E-state index contributed by atoms with van der Waals surface area (Å²) in [4.78, 5) is 34.1. The summed E-state index contributed by atoms with van der Waals surface area (Å²) in [5.74, 6) is -0.428. The number of carbonyl (C=O) groups excluding carboxylic acids is 2. The minimum Gasteiger partial charge on any atom is -0.462 e. The second kappa shape index (κ2) is 9.54. The number of hydrogen-bond donors (Lipinski definition) is 2. The van der Waals surface area contributed by atoms with E-state index in [0.29, 0.717) is 17.9 Å². The number of urea groups is 1. The minimum atomic E-state index is -0.629. The van der Waals surface area contributed by atoms with Gasteiger partial charge >= 0.3 is 12.0 Å². The van der Waals surface area contributed by atoms with Gasteiger partial charge in [0.2, 0.25) is 0 Å². The summed E-state index contributed by atoms with van der Waals surface area (Å²) in [6.07, 6.45) is 1.73. The molecule has 0 saturated carbocycles. The summed E-state index contributed by atoms with van der Waals surface area (Å²) in [6.45, 7) is 2.36. The number of hydrogen-bond acceptors (Lipinski definition) is 5. The lowest BCUT2D eigenvalue weighted by Crippen LogP contribution is -2.19. The molecule has 0 unspecified atom stereocenters. The third kappa shape index (κ3) is 5.96. The lowest BCUT2D eigenvalue weighted by molar-refractivity contribution is -0.384. The van der Waals surface area contributed by atoms with Gasteiger partial charge in [-0.1, -0.05) is 24.9 Å². The van der Waals surface area contributed by atoms with E-state index in [9.17, 15) is 19.7 Å². The average molecular weight is 392 g/mol. The average Bonchev–Trinajstić information content (AvgIpc) is 2.64. The lowest BCUT2D eigenvalue weighted by atomic mass is 10.2. The highest BCUT2D eigenvalue weighted by Crippen LogP contribution is 2.26. The monoisotopic (exact) mass is 391 g/mol. The number of nitrogens with one attached hydrogen (secondary N) is 2. The Morgan fingerprint density at radius 2 is 1.85 bits per heavy atom. The van der Waals surface area contributed by atoms with Gasteiger partial charge < -0.3 is 15.4 Å². The summed E-state index contributed by atoms with van der Waals surface area (Å²) in [6, 6.07) is 9.26. The van der Waals surface area contributed by atoms with Gasteiger partial charge in [0.25, 0.3) is 5.69 Å². The largest absolute Gasteiger partial charge is 0.462 e. The zero-order chi connectivity index (χ0) is 19.8. The number of halogens is 1. The van der Waals surface area contributed by atoms with Crippen LogP contribution in [0.25, 0.3) is 0 Å². The van der Waals surface area contributed by atoms with Crippen molar-refractivity contribution in [1.82, 2.24) is 0 Å². The number of carbonyl (C=O) groups is 2. The zero-order valence-corrected chi connectivity index (χ0v) is 15.3. The molecule has 0 aliphatic heterocycles. The standard InChI is InChI=1S/C18H18ClN3O5/c1-2-3-10-27-17(23)12-4-6-13(7-5-12)20-18(24)21-16-11-14(22(25)26)8-9-15(16)19/h4-9,11H,2-3,10H2,1H3,(H2,20,21,24). The van der Waals surface area contributed by atoms with E-state index in [2.05, 4.69) is 10.6 Å². The third-order valence-electron chi connectivity index (χ3n) is 3.52. The molecule has 0 saturated heterocycles. The Morgan fingerprint density at radius 3 is 2.48 bits per heavy atom. The van der Waals surface area contributed by atoms with Crippen molar-refractivity contribution in [3.05, 3.63) is 63.2 Å². The van der Waals surface area contributed by atoms with Crippen LogP contribution >= 0.6 is 11.6 Å². The van der Waals surface area contributed by atoms with Gasteiger partial charge in [-0.05, 0) is 36.8 Å². The van der Waals surface area contributed by atoms with E-state index in [1.54, 1.807) is 12.1 Å². The van der Waals surface area contributed by atoms with Crippen LogP contribution in [0.2, 0.25) is 5.02 Å². The molecule has 2 N–H and O–H groups in total. The van der Waals surface area contributed by atoms with Crippen molar-refractivity contribution in [2.24, 2.45) is 0 Å². The van der Waals surface area contributed by atoms with Crippen molar-refractivity contribution in [1.29, 1.82) is 0 Å². The van der Waals surface area contributed by atoms with Crippen LogP contribution in [0, 0.1) is 10.1 Å². The van der Waals surface area contributed by atoms with Crippen LogP contribution in [0.5, 0.6) is 0 Å². The lowest BCUT2D eigenvalue weighted by Gasteiger charge is -2.09. The van der Waals surface area contributed by atoms with E-state index >= 15 is 0 Å². The Hall–Kier alpha value is -3.13. The number of nitrogens with zero attached hydrogens (tertiary/aromatic N) is 1. The number of rotatable bonds is 7. The van der Waals surface area contributed by atoms with Gasteiger partial charge in [0.15, 0.2) is 0 Å². The van der Waals surface area contributed by atoms with Gasteiger partial charge in [-0.25, -0.2) is 9.59 Å². The molecule has 8 nitrogen and oxygen atoms in total. The maximum Gasteiger partial charge on any atom is 0.338 e. The van der Waals surface area contributed by atoms with Crippen molar-refractivity contribution in [2.45, 2.75) is 19.8 Å². The van der Waals surface area contributed by atoms with Crippen molar-refractivity contribution in [2.75, 3.05) is 17.2 Å². The van der Waals surface area contributed by atoms with Crippen molar-refractivity contribution >= 4 is 40.7 Å². The molecule has 2 aromatic carbocycles. The fourth-order valence-electron chi connectivity index (χ4n) is 2.09. The van der Waals surface area contributed by atoms with Gasteiger partial charge in [0.1, 0.15) is 0 Å². The Kier molecular flexibility index (Phi) is 7.13. The Labute approximate surface area is 160 Å². The first kappa shape index (κ1) is 20.2. The van der Waals surface area contributed by atoms with Crippen molar-refractivity contribution in [3.63, 3.8) is 0 Å². The normalized spacial score (nSPS) is 10.1. The van der Waals surface area contributed by atoms with E-state index in [0.717, 1.165) is 18.9 Å². The molecule has 27 heavy (non-hydrogen) atoms. The Morgan fingerprint density at radius 1 is 1.15 bits per heavy atom. The van der Waals surface area contributed by atoms with E-state index in [-0.39, 0.29) is 16.4 Å². The molecule has 0 heterocycles. The summed E-state index contributed by atoms with van der Waals surface area (Å²) >= 11 is 5.94. The first-order valence-corrected chi connectivity index (χ1v) is 8.57. The highest BCUT2D eigenvalue weighted by atomic mass is 35.5. The van der Waals surface area contributed by atoms with E-state index in [1.807, 2.05) is 6.92 Å². The number of nitro groups is 1. The molecule has 0 radical (unpaired) electrons. The zero-order valence-electron chi connectivity index (χ0n) is 14.5. The topological polar surface area (TPSA) is 111 Å². The number of nitro benzene ring substituents is 1. The molecular weight excluding hydrogens is 374 g/mol. The Bertz CT molecular complexity index is 839. The summed E-state index contributed by atoms with van der Waals surface area (Å²) in [5, 5.41) is 16.0. The molecule has 0 aliphatic rings. The molecule has 0 aliphatic carbocycles. The molecule has 0 aromatic heterocycles. The molecule has 2 rings (SSSR count). The summed E-state index contributed by atoms with van der Waals surface area (Å²) in [5.41, 5.74) is 0.720. The van der Waals surface area contributed by atoms with Gasteiger partial charge in [-0.15, -0.1) is 0 Å². The molecule has 2 aromatic rings. The van der Waals surface area contributed by atoms with E-state index in [1.165, 1.54) is 24.3 Å². The molecule has 9 heteroatoms. The highest BCUT2D eigenvalue weighted by Gasteiger charge is 2.13. The first-order valence-electron chi connectivity index (χ1n) is 8.20. The van der Waals surface area contributed by atoms with Crippen LogP contribution < -0.4 is 10.6 Å². The molecule has 142 valence electrons. The fraction of sp³-hybridized carbons (Fsp3) is 0.222. The molecule has 0 atom stereocenters. The summed E-state index contributed by atoms with van der Waals surface area (Å²) in [7, 11) is 0. The highest BCUT2D eigenvalue weighted by molar-refractivity contribution is 6.33. The third-order valence-corrected chi connectivity index (χ3v) is 3.85. The second-order valence-electron chi connectivity index (χ2n) is 5.57. The first-order chi connectivity index (χ1) is 12.9. The van der Waals surface area contributed by atoms with Crippen LogP contribution in [-0.4, -0.2) is 23.5 Å². The second-order valence-corrected chi connectivity index (χ2v) is 5.97. The Balaban J connectivity index is 1.97. The van der Waals surface area contributed by atoms with Gasteiger partial charge in [0.05, 0.1) is 27.8 Å². The minimum absolute atomic E-state index is 0.111. The van der Waals surface area contributed by atoms with E-state index in [4.69, 9.17) is 16.3 Å². The predicted molar refractivity (Wildman–Crippen MR) is 102 cm³/mol. The summed E-state index contributed by atoms with van der Waals surface area (Å²) < 4.78 is 5.10. The number of ether oxygens (including phenoxy) is 1. The predicted octanol–water partition coefficient (Wildman–Crippen LogP) is 4.85. The van der Waals surface area contributed by atoms with Crippen molar-refractivity contribution < 1.29 is 19.2 Å². The SMILES string of the molecule is CCCCOC(=O)c1ccc(NC(=O)Nc2cc([N+](=O)[O-])ccc2Cl)cc1. The number of amides is 2. The quantitative estimate of drug-likeness (QED) is 0.303. The van der Waals surface area contributed by atoms with Gasteiger partial charge in [-0.3, -0.25) is 10.1 Å². The molecule has 0 fully saturated rings. The molecule has 0 bridgehead atoms. The number of benzene rings is 2. The van der Waals surface area contributed by atoms with E-state index < -0.39 is 16.9 Å².